The van der Waals surface area contributed by atoms with Gasteiger partial charge in [-0.2, -0.15) is 0 Å². The van der Waals surface area contributed by atoms with Crippen molar-refractivity contribution < 1.29 is 4.39 Å². The summed E-state index contributed by atoms with van der Waals surface area (Å²) >= 11 is 1.84. The van der Waals surface area contributed by atoms with Crippen LogP contribution in [0.2, 0.25) is 0 Å². The maximum Gasteiger partial charge on any atom is 0.124 e. The minimum atomic E-state index is -0.132. The molecule has 0 amide bonds. The van der Waals surface area contributed by atoms with Crippen LogP contribution < -0.4 is 5.73 Å². The van der Waals surface area contributed by atoms with Crippen LogP contribution in [-0.4, -0.2) is 11.8 Å². The Morgan fingerprint density at radius 2 is 2.17 bits per heavy atom. The van der Waals surface area contributed by atoms with E-state index in [1.807, 2.05) is 11.8 Å². The minimum absolute atomic E-state index is 0.132. The second-order valence-corrected chi connectivity index (χ2v) is 6.72. The first-order valence-corrected chi connectivity index (χ1v) is 7.71. The molecule has 1 fully saturated rings. The Morgan fingerprint density at radius 1 is 1.33 bits per heavy atom. The standard InChI is InChI=1S/C15H22FNS/c1-11-3-2-4-14(7-11)18-15-9-12(5-6-17)8-13(16)10-15/h8-11,14H,2-7,17H2,1H3. The summed E-state index contributed by atoms with van der Waals surface area (Å²) in [5.41, 5.74) is 6.55. The molecule has 1 saturated carbocycles. The van der Waals surface area contributed by atoms with Gasteiger partial charge >= 0.3 is 0 Å². The fourth-order valence-corrected chi connectivity index (χ4v) is 4.17. The smallest absolute Gasteiger partial charge is 0.124 e. The van der Waals surface area contributed by atoms with Crippen molar-refractivity contribution in [1.82, 2.24) is 0 Å². The molecule has 1 aliphatic carbocycles. The fraction of sp³-hybridized carbons (Fsp3) is 0.600. The molecule has 3 heteroatoms. The molecule has 1 aromatic carbocycles. The molecule has 2 N–H and O–H groups in total. The third-order valence-corrected chi connectivity index (χ3v) is 4.82. The quantitative estimate of drug-likeness (QED) is 0.892. The van der Waals surface area contributed by atoms with Crippen molar-refractivity contribution in [1.29, 1.82) is 0 Å². The van der Waals surface area contributed by atoms with Crippen LogP contribution in [0.15, 0.2) is 23.1 Å². The highest BCUT2D eigenvalue weighted by Gasteiger charge is 2.20. The van der Waals surface area contributed by atoms with Gasteiger partial charge in [-0.05, 0) is 55.5 Å². The third kappa shape index (κ3) is 3.99. The summed E-state index contributed by atoms with van der Waals surface area (Å²) in [5.74, 6) is 0.681. The van der Waals surface area contributed by atoms with Gasteiger partial charge in [0.15, 0.2) is 0 Å². The van der Waals surface area contributed by atoms with E-state index in [0.29, 0.717) is 11.8 Å². The van der Waals surface area contributed by atoms with Gasteiger partial charge in [0.25, 0.3) is 0 Å². The number of hydrogen-bond acceptors (Lipinski definition) is 2. The first-order chi connectivity index (χ1) is 8.67. The van der Waals surface area contributed by atoms with Crippen LogP contribution in [0.3, 0.4) is 0 Å². The van der Waals surface area contributed by atoms with Crippen molar-refractivity contribution >= 4 is 11.8 Å². The summed E-state index contributed by atoms with van der Waals surface area (Å²) in [5, 5.41) is 0.654. The molecule has 1 aromatic rings. The summed E-state index contributed by atoms with van der Waals surface area (Å²) in [7, 11) is 0. The second-order valence-electron chi connectivity index (χ2n) is 5.35. The molecule has 0 radical (unpaired) electrons. The molecule has 0 aromatic heterocycles. The van der Waals surface area contributed by atoms with Crippen LogP contribution in [0.5, 0.6) is 0 Å². The van der Waals surface area contributed by atoms with E-state index in [1.165, 1.54) is 25.7 Å². The zero-order chi connectivity index (χ0) is 13.0. The number of hydrogen-bond donors (Lipinski definition) is 1. The van der Waals surface area contributed by atoms with Crippen molar-refractivity contribution in [3.63, 3.8) is 0 Å². The van der Waals surface area contributed by atoms with Crippen molar-refractivity contribution in [3.05, 3.63) is 29.6 Å². The van der Waals surface area contributed by atoms with Gasteiger partial charge in [-0.15, -0.1) is 11.8 Å². The van der Waals surface area contributed by atoms with E-state index in [1.54, 1.807) is 12.1 Å². The minimum Gasteiger partial charge on any atom is -0.330 e. The van der Waals surface area contributed by atoms with E-state index < -0.39 is 0 Å². The average molecular weight is 267 g/mol. The molecule has 0 bridgehead atoms. The molecule has 1 nitrogen and oxygen atoms in total. The lowest BCUT2D eigenvalue weighted by atomic mass is 9.91. The molecule has 18 heavy (non-hydrogen) atoms. The summed E-state index contributed by atoms with van der Waals surface area (Å²) in [6.45, 7) is 2.90. The maximum absolute atomic E-state index is 13.5. The molecule has 2 atom stereocenters. The van der Waals surface area contributed by atoms with E-state index in [0.717, 1.165) is 22.8 Å². The van der Waals surface area contributed by atoms with Gasteiger partial charge in [-0.3, -0.25) is 0 Å². The molecule has 0 aliphatic heterocycles. The Morgan fingerprint density at radius 3 is 2.89 bits per heavy atom. The van der Waals surface area contributed by atoms with E-state index >= 15 is 0 Å². The van der Waals surface area contributed by atoms with Crippen LogP contribution in [-0.2, 0) is 6.42 Å². The van der Waals surface area contributed by atoms with Crippen LogP contribution in [0.4, 0.5) is 4.39 Å². The molecule has 1 aliphatic rings. The Hall–Kier alpha value is -0.540. The first-order valence-electron chi connectivity index (χ1n) is 6.83. The number of nitrogens with two attached hydrogens (primary N) is 1. The van der Waals surface area contributed by atoms with E-state index in [4.69, 9.17) is 5.73 Å². The summed E-state index contributed by atoms with van der Waals surface area (Å²) < 4.78 is 13.5. The number of rotatable bonds is 4. The first kappa shape index (κ1) is 13.9. The summed E-state index contributed by atoms with van der Waals surface area (Å²) in [4.78, 5) is 1.07. The van der Waals surface area contributed by atoms with Crippen LogP contribution in [0.1, 0.15) is 38.2 Å². The monoisotopic (exact) mass is 267 g/mol. The lowest BCUT2D eigenvalue weighted by Crippen LogP contribution is -2.14. The Balaban J connectivity index is 2.03. The zero-order valence-electron chi connectivity index (χ0n) is 11.0. The second kappa shape index (κ2) is 6.58. The predicted octanol–water partition coefficient (Wildman–Crippen LogP) is 4.00. The largest absolute Gasteiger partial charge is 0.330 e. The van der Waals surface area contributed by atoms with Gasteiger partial charge in [0, 0.05) is 10.1 Å². The Kier molecular flexibility index (Phi) is 5.07. The van der Waals surface area contributed by atoms with Crippen LogP contribution in [0.25, 0.3) is 0 Å². The highest BCUT2D eigenvalue weighted by atomic mass is 32.2. The lowest BCUT2D eigenvalue weighted by molar-refractivity contribution is 0.394. The number of benzene rings is 1. The van der Waals surface area contributed by atoms with Crippen molar-refractivity contribution in [2.75, 3.05) is 6.54 Å². The average Bonchev–Trinajstić information content (AvgIpc) is 2.28. The van der Waals surface area contributed by atoms with Crippen LogP contribution >= 0.6 is 11.8 Å². The topological polar surface area (TPSA) is 26.0 Å². The zero-order valence-corrected chi connectivity index (χ0v) is 11.8. The molecule has 0 heterocycles. The highest BCUT2D eigenvalue weighted by molar-refractivity contribution is 8.00. The third-order valence-electron chi connectivity index (χ3n) is 3.56. The fourth-order valence-electron chi connectivity index (χ4n) is 2.68. The van der Waals surface area contributed by atoms with Crippen molar-refractivity contribution in [2.45, 2.75) is 49.2 Å². The normalized spacial score (nSPS) is 24.2. The molecular weight excluding hydrogens is 245 g/mol. The van der Waals surface area contributed by atoms with Gasteiger partial charge in [-0.25, -0.2) is 4.39 Å². The SMILES string of the molecule is CC1CCCC(Sc2cc(F)cc(CCN)c2)C1. The van der Waals surface area contributed by atoms with E-state index in [-0.39, 0.29) is 5.82 Å². The van der Waals surface area contributed by atoms with Gasteiger partial charge in [0.05, 0.1) is 0 Å². The molecule has 100 valence electrons. The molecule has 2 unspecified atom stereocenters. The van der Waals surface area contributed by atoms with Gasteiger partial charge in [0.2, 0.25) is 0 Å². The molecular formula is C15H22FNS. The number of thioether (sulfide) groups is 1. The van der Waals surface area contributed by atoms with Gasteiger partial charge in [-0.1, -0.05) is 19.8 Å². The van der Waals surface area contributed by atoms with Crippen LogP contribution in [0, 0.1) is 11.7 Å². The van der Waals surface area contributed by atoms with E-state index in [9.17, 15) is 4.39 Å². The molecule has 0 spiro atoms. The Labute approximate surface area is 113 Å². The van der Waals surface area contributed by atoms with Gasteiger partial charge < -0.3 is 5.73 Å². The number of halogens is 1. The Bertz CT molecular complexity index is 394. The lowest BCUT2D eigenvalue weighted by Gasteiger charge is -2.26. The van der Waals surface area contributed by atoms with Gasteiger partial charge in [0.1, 0.15) is 5.82 Å². The van der Waals surface area contributed by atoms with E-state index in [2.05, 4.69) is 13.0 Å². The summed E-state index contributed by atoms with van der Waals surface area (Å²) in [6.07, 6.45) is 5.93. The molecule has 0 saturated heterocycles. The summed E-state index contributed by atoms with van der Waals surface area (Å²) in [6, 6.07) is 5.35. The highest BCUT2D eigenvalue weighted by Crippen LogP contribution is 2.36. The van der Waals surface area contributed by atoms with Crippen molar-refractivity contribution in [2.24, 2.45) is 11.7 Å². The predicted molar refractivity (Wildman–Crippen MR) is 76.4 cm³/mol. The maximum atomic E-state index is 13.5. The van der Waals surface area contributed by atoms with Crippen molar-refractivity contribution in [3.8, 4) is 0 Å². The molecule has 2 rings (SSSR count).